The summed E-state index contributed by atoms with van der Waals surface area (Å²) in [6.07, 6.45) is 0. The molecule has 7 heteroatoms. The minimum atomic E-state index is -0.861. The summed E-state index contributed by atoms with van der Waals surface area (Å²) < 4.78 is 11.0. The van der Waals surface area contributed by atoms with E-state index in [1.807, 2.05) is 6.92 Å². The smallest absolute Gasteiger partial charge is 0.294 e. The van der Waals surface area contributed by atoms with E-state index in [1.54, 1.807) is 57.2 Å². The van der Waals surface area contributed by atoms with Gasteiger partial charge in [-0.3, -0.25) is 14.5 Å². The van der Waals surface area contributed by atoms with Crippen molar-refractivity contribution >= 4 is 17.4 Å². The van der Waals surface area contributed by atoms with Crippen LogP contribution in [0.5, 0.6) is 17.2 Å². The van der Waals surface area contributed by atoms with Crippen molar-refractivity contribution in [2.45, 2.75) is 33.7 Å². The fourth-order valence-corrected chi connectivity index (χ4v) is 3.59. The van der Waals surface area contributed by atoms with Crippen molar-refractivity contribution in [1.82, 2.24) is 0 Å². The van der Waals surface area contributed by atoms with E-state index in [1.165, 1.54) is 11.0 Å². The Morgan fingerprint density at radius 3 is 2.26 bits per heavy atom. The number of aliphatic hydroxyl groups is 1. The maximum absolute atomic E-state index is 13.1. The van der Waals surface area contributed by atoms with Gasteiger partial charge in [0.25, 0.3) is 5.91 Å². The third-order valence-corrected chi connectivity index (χ3v) is 5.02. The van der Waals surface area contributed by atoms with Crippen LogP contribution >= 0.6 is 0 Å². The molecule has 0 saturated heterocycles. The molecular weight excluding hydrogens is 398 g/mol. The van der Waals surface area contributed by atoms with Crippen LogP contribution in [0.4, 0.5) is 5.69 Å². The van der Waals surface area contributed by atoms with Crippen LogP contribution in [0.15, 0.2) is 53.8 Å². The molecule has 0 aromatic heterocycles. The number of hydrogen-bond acceptors (Lipinski definition) is 6. The third-order valence-electron chi connectivity index (χ3n) is 5.02. The standard InChI is InChI=1S/C24H27NO6/c1-5-30-17-10-8-16(9-11-17)25-21(15-7-12-18(26)19(13-15)31-6-2)20(22(27)14(3)4)23(28)24(25)29/h7-14,21,26,28H,5-6H2,1-4H3. The van der Waals surface area contributed by atoms with E-state index in [-0.39, 0.29) is 22.9 Å². The molecule has 0 radical (unpaired) electrons. The van der Waals surface area contributed by atoms with Gasteiger partial charge in [-0.1, -0.05) is 19.9 Å². The third kappa shape index (κ3) is 4.21. The number of carbonyl (C=O) groups excluding carboxylic acids is 2. The zero-order valence-electron chi connectivity index (χ0n) is 18.1. The van der Waals surface area contributed by atoms with Gasteiger partial charge in [0.15, 0.2) is 23.0 Å². The van der Waals surface area contributed by atoms with Crippen LogP contribution in [0.1, 0.15) is 39.3 Å². The Kier molecular flexibility index (Phi) is 6.53. The Labute approximate surface area is 181 Å². The Hall–Kier alpha value is -3.48. The number of carbonyl (C=O) groups is 2. The number of Topliss-reactive ketones (excluding diaryl/α,β-unsaturated/α-hetero) is 1. The predicted octanol–water partition coefficient (Wildman–Crippen LogP) is 4.31. The average molecular weight is 425 g/mol. The highest BCUT2D eigenvalue weighted by Gasteiger charge is 2.45. The summed E-state index contributed by atoms with van der Waals surface area (Å²) in [6, 6.07) is 10.7. The Balaban J connectivity index is 2.15. The van der Waals surface area contributed by atoms with Gasteiger partial charge in [0.2, 0.25) is 0 Å². The zero-order valence-corrected chi connectivity index (χ0v) is 18.1. The normalized spacial score (nSPS) is 16.2. The molecule has 0 bridgehead atoms. The number of ether oxygens (including phenoxy) is 2. The Morgan fingerprint density at radius 1 is 1.03 bits per heavy atom. The molecule has 0 saturated carbocycles. The summed E-state index contributed by atoms with van der Waals surface area (Å²) in [6.45, 7) is 7.94. The van der Waals surface area contributed by atoms with E-state index < -0.39 is 23.6 Å². The number of rotatable bonds is 8. The van der Waals surface area contributed by atoms with Gasteiger partial charge in [0.05, 0.1) is 24.8 Å². The highest BCUT2D eigenvalue weighted by molar-refractivity contribution is 6.16. The first-order valence-corrected chi connectivity index (χ1v) is 10.3. The second-order valence-corrected chi connectivity index (χ2v) is 7.45. The number of ketones is 1. The van der Waals surface area contributed by atoms with Crippen LogP contribution in [-0.2, 0) is 9.59 Å². The molecule has 3 rings (SSSR count). The number of aliphatic hydroxyl groups excluding tert-OH is 1. The lowest BCUT2D eigenvalue weighted by Gasteiger charge is -2.28. The molecule has 164 valence electrons. The number of aromatic hydroxyl groups is 1. The lowest BCUT2D eigenvalue weighted by Crippen LogP contribution is -2.31. The van der Waals surface area contributed by atoms with Crippen LogP contribution in [0.25, 0.3) is 0 Å². The highest BCUT2D eigenvalue weighted by Crippen LogP contribution is 2.44. The summed E-state index contributed by atoms with van der Waals surface area (Å²) in [4.78, 5) is 27.4. The van der Waals surface area contributed by atoms with E-state index in [9.17, 15) is 19.8 Å². The Bertz CT molecular complexity index is 1010. The zero-order chi connectivity index (χ0) is 22.7. The van der Waals surface area contributed by atoms with E-state index in [0.29, 0.717) is 30.2 Å². The molecule has 1 amide bonds. The Morgan fingerprint density at radius 2 is 1.68 bits per heavy atom. The molecule has 2 N–H and O–H groups in total. The molecule has 2 aromatic carbocycles. The number of benzene rings is 2. The quantitative estimate of drug-likeness (QED) is 0.654. The van der Waals surface area contributed by atoms with Crippen molar-refractivity contribution in [2.24, 2.45) is 5.92 Å². The van der Waals surface area contributed by atoms with Crippen molar-refractivity contribution in [3.63, 3.8) is 0 Å². The maximum atomic E-state index is 13.1. The molecular formula is C24H27NO6. The highest BCUT2D eigenvalue weighted by atomic mass is 16.5. The summed E-state index contributed by atoms with van der Waals surface area (Å²) in [7, 11) is 0. The largest absolute Gasteiger partial charge is 0.504 e. The summed E-state index contributed by atoms with van der Waals surface area (Å²) in [5, 5.41) is 20.8. The molecule has 7 nitrogen and oxygen atoms in total. The molecule has 2 aromatic rings. The van der Waals surface area contributed by atoms with Crippen LogP contribution in [0.3, 0.4) is 0 Å². The van der Waals surface area contributed by atoms with Gasteiger partial charge in [-0.25, -0.2) is 0 Å². The second kappa shape index (κ2) is 9.12. The monoisotopic (exact) mass is 425 g/mol. The second-order valence-electron chi connectivity index (χ2n) is 7.45. The molecule has 1 unspecified atom stereocenters. The van der Waals surface area contributed by atoms with Gasteiger partial charge in [0.1, 0.15) is 5.75 Å². The predicted molar refractivity (Wildman–Crippen MR) is 117 cm³/mol. The van der Waals surface area contributed by atoms with Gasteiger partial charge in [-0.15, -0.1) is 0 Å². The first-order valence-electron chi connectivity index (χ1n) is 10.3. The number of phenolic OH excluding ortho intramolecular Hbond substituents is 1. The van der Waals surface area contributed by atoms with Crippen LogP contribution in [0, 0.1) is 5.92 Å². The molecule has 1 aliphatic heterocycles. The van der Waals surface area contributed by atoms with E-state index in [4.69, 9.17) is 9.47 Å². The fraction of sp³-hybridized carbons (Fsp3) is 0.333. The SMILES string of the molecule is CCOc1ccc(N2C(=O)C(O)=C(C(=O)C(C)C)C2c2ccc(O)c(OCC)c2)cc1. The fourth-order valence-electron chi connectivity index (χ4n) is 3.59. The summed E-state index contributed by atoms with van der Waals surface area (Å²) in [5.41, 5.74) is 1.07. The molecule has 0 spiro atoms. The molecule has 1 atom stereocenters. The maximum Gasteiger partial charge on any atom is 0.294 e. The van der Waals surface area contributed by atoms with Crippen molar-refractivity contribution < 1.29 is 29.3 Å². The molecule has 0 fully saturated rings. The number of anilines is 1. The topological polar surface area (TPSA) is 96.3 Å². The van der Waals surface area contributed by atoms with Crippen molar-refractivity contribution in [1.29, 1.82) is 0 Å². The minimum absolute atomic E-state index is 0.0297. The number of hydrogen-bond donors (Lipinski definition) is 2. The lowest BCUT2D eigenvalue weighted by molar-refractivity contribution is -0.119. The molecule has 1 heterocycles. The number of amides is 1. The number of nitrogens with zero attached hydrogens (tertiary/aromatic N) is 1. The minimum Gasteiger partial charge on any atom is -0.504 e. The van der Waals surface area contributed by atoms with Crippen molar-refractivity contribution in [3.05, 3.63) is 59.4 Å². The van der Waals surface area contributed by atoms with Gasteiger partial charge in [-0.2, -0.15) is 0 Å². The van der Waals surface area contributed by atoms with Crippen LogP contribution in [-0.4, -0.2) is 35.1 Å². The lowest BCUT2D eigenvalue weighted by atomic mass is 9.91. The van der Waals surface area contributed by atoms with Gasteiger partial charge in [0, 0.05) is 11.6 Å². The van der Waals surface area contributed by atoms with E-state index >= 15 is 0 Å². The van der Waals surface area contributed by atoms with Gasteiger partial charge in [-0.05, 0) is 55.8 Å². The summed E-state index contributed by atoms with van der Waals surface area (Å²) >= 11 is 0. The van der Waals surface area contributed by atoms with Gasteiger partial charge < -0.3 is 19.7 Å². The van der Waals surface area contributed by atoms with Crippen molar-refractivity contribution in [3.8, 4) is 17.2 Å². The van der Waals surface area contributed by atoms with Crippen LogP contribution < -0.4 is 14.4 Å². The first kappa shape index (κ1) is 22.2. The van der Waals surface area contributed by atoms with E-state index in [2.05, 4.69) is 0 Å². The first-order chi connectivity index (χ1) is 14.8. The number of phenols is 1. The molecule has 31 heavy (non-hydrogen) atoms. The summed E-state index contributed by atoms with van der Waals surface area (Å²) in [5.74, 6) is -1.14. The van der Waals surface area contributed by atoms with Gasteiger partial charge >= 0.3 is 0 Å². The van der Waals surface area contributed by atoms with E-state index in [0.717, 1.165) is 0 Å². The molecule has 0 aliphatic carbocycles. The average Bonchev–Trinajstić information content (AvgIpc) is 3.01. The molecule has 1 aliphatic rings. The van der Waals surface area contributed by atoms with Crippen molar-refractivity contribution in [2.75, 3.05) is 18.1 Å². The van der Waals surface area contributed by atoms with Crippen LogP contribution in [0.2, 0.25) is 0 Å².